The highest BCUT2D eigenvalue weighted by molar-refractivity contribution is 5.94. The van der Waals surface area contributed by atoms with E-state index in [2.05, 4.69) is 25.5 Å². The molecule has 3 aromatic rings. The van der Waals surface area contributed by atoms with Crippen molar-refractivity contribution in [1.82, 2.24) is 9.97 Å². The molecule has 0 bridgehead atoms. The average Bonchev–Trinajstić information content (AvgIpc) is 3.45. The molecular weight excluding hydrogens is 446 g/mol. The second kappa shape index (κ2) is 10.7. The molecule has 0 radical (unpaired) electrons. The fraction of sp³-hybridized carbons (Fsp3) is 0.346. The van der Waals surface area contributed by atoms with E-state index < -0.39 is 0 Å². The molecule has 2 saturated heterocycles. The molecule has 3 heterocycles. The smallest absolute Gasteiger partial charge is 0.253 e. The Balaban J connectivity index is 1.27. The number of nitrogens with zero attached hydrogens (tertiary/aromatic N) is 3. The number of anilines is 4. The van der Waals surface area contributed by atoms with Gasteiger partial charge < -0.3 is 29.7 Å². The van der Waals surface area contributed by atoms with Crippen LogP contribution in [-0.4, -0.2) is 62.0 Å². The minimum Gasteiger partial charge on any atom is -0.495 e. The summed E-state index contributed by atoms with van der Waals surface area (Å²) >= 11 is 0. The highest BCUT2D eigenvalue weighted by Crippen LogP contribution is 2.32. The van der Waals surface area contributed by atoms with Crippen molar-refractivity contribution in [3.63, 3.8) is 0 Å². The van der Waals surface area contributed by atoms with Crippen molar-refractivity contribution >= 4 is 28.9 Å². The SMILES string of the molecule is COc1cc(Nc2nccc(-c3ccc(NC(=O)C4CCCO4)cc3)n2)ccc1N1CCOCC1. The molecule has 1 unspecified atom stereocenters. The topological polar surface area (TPSA) is 97.8 Å². The van der Waals surface area contributed by atoms with Gasteiger partial charge >= 0.3 is 0 Å². The summed E-state index contributed by atoms with van der Waals surface area (Å²) in [5.41, 5.74) is 4.31. The summed E-state index contributed by atoms with van der Waals surface area (Å²) in [5, 5.41) is 6.19. The second-order valence-corrected chi connectivity index (χ2v) is 8.44. The van der Waals surface area contributed by atoms with Crippen LogP contribution in [0.25, 0.3) is 11.3 Å². The number of carbonyl (C=O) groups excluding carboxylic acids is 1. The van der Waals surface area contributed by atoms with Gasteiger partial charge in [0.2, 0.25) is 5.95 Å². The number of hydrogen-bond donors (Lipinski definition) is 2. The molecule has 35 heavy (non-hydrogen) atoms. The molecule has 1 aromatic heterocycles. The zero-order valence-corrected chi connectivity index (χ0v) is 19.7. The monoisotopic (exact) mass is 475 g/mol. The number of amides is 1. The first kappa shape index (κ1) is 23.1. The van der Waals surface area contributed by atoms with Gasteiger partial charge in [0.1, 0.15) is 11.9 Å². The van der Waals surface area contributed by atoms with E-state index in [4.69, 9.17) is 14.2 Å². The minimum atomic E-state index is -0.355. The van der Waals surface area contributed by atoms with Gasteiger partial charge in [0.25, 0.3) is 5.91 Å². The fourth-order valence-electron chi connectivity index (χ4n) is 4.26. The van der Waals surface area contributed by atoms with Crippen LogP contribution in [0.1, 0.15) is 12.8 Å². The Morgan fingerprint density at radius 3 is 2.60 bits per heavy atom. The van der Waals surface area contributed by atoms with Crippen molar-refractivity contribution in [2.24, 2.45) is 0 Å². The van der Waals surface area contributed by atoms with Crippen molar-refractivity contribution in [1.29, 1.82) is 0 Å². The van der Waals surface area contributed by atoms with E-state index in [-0.39, 0.29) is 12.0 Å². The standard InChI is InChI=1S/C26H29N5O4/c1-33-24-17-20(8-9-22(24)31-12-15-34-16-13-31)29-26-27-11-10-21(30-26)18-4-6-19(7-5-18)28-25(32)23-3-2-14-35-23/h4-11,17,23H,2-3,12-16H2,1H3,(H,28,32)(H,27,29,30). The predicted molar refractivity (Wildman–Crippen MR) is 134 cm³/mol. The van der Waals surface area contributed by atoms with Crippen molar-refractivity contribution < 1.29 is 19.0 Å². The number of benzene rings is 2. The molecule has 0 spiro atoms. The average molecular weight is 476 g/mol. The van der Waals surface area contributed by atoms with Crippen LogP contribution in [0.4, 0.5) is 23.0 Å². The first-order valence-electron chi connectivity index (χ1n) is 11.8. The summed E-state index contributed by atoms with van der Waals surface area (Å²) < 4.78 is 16.5. The lowest BCUT2D eigenvalue weighted by molar-refractivity contribution is -0.124. The molecule has 0 aliphatic carbocycles. The number of methoxy groups -OCH3 is 1. The third kappa shape index (κ3) is 5.52. The van der Waals surface area contributed by atoms with Crippen molar-refractivity contribution in [3.8, 4) is 17.0 Å². The molecule has 1 atom stereocenters. The zero-order valence-electron chi connectivity index (χ0n) is 19.7. The van der Waals surface area contributed by atoms with Crippen LogP contribution < -0.4 is 20.3 Å². The van der Waals surface area contributed by atoms with Crippen LogP contribution in [0.5, 0.6) is 5.75 Å². The lowest BCUT2D eigenvalue weighted by Crippen LogP contribution is -2.36. The van der Waals surface area contributed by atoms with Crippen LogP contribution in [0.15, 0.2) is 54.7 Å². The molecule has 2 aromatic carbocycles. The summed E-state index contributed by atoms with van der Waals surface area (Å²) in [4.78, 5) is 23.6. The Morgan fingerprint density at radius 1 is 1.06 bits per heavy atom. The van der Waals surface area contributed by atoms with E-state index in [1.54, 1.807) is 13.3 Å². The normalized spacial score (nSPS) is 17.7. The number of morpholine rings is 1. The lowest BCUT2D eigenvalue weighted by atomic mass is 10.1. The highest BCUT2D eigenvalue weighted by atomic mass is 16.5. The Bertz CT molecular complexity index is 1160. The Hall–Kier alpha value is -3.69. The summed E-state index contributed by atoms with van der Waals surface area (Å²) in [7, 11) is 1.67. The molecule has 2 aliphatic heterocycles. The molecule has 5 rings (SSSR count). The van der Waals surface area contributed by atoms with Crippen LogP contribution in [0, 0.1) is 0 Å². The first-order valence-corrected chi connectivity index (χ1v) is 11.8. The molecule has 182 valence electrons. The zero-order chi connectivity index (χ0) is 24.0. The lowest BCUT2D eigenvalue weighted by Gasteiger charge is -2.30. The van der Waals surface area contributed by atoms with Crippen LogP contribution in [-0.2, 0) is 14.3 Å². The predicted octanol–water partition coefficient (Wildman–Crippen LogP) is 3.85. The Labute approximate surface area is 204 Å². The maximum Gasteiger partial charge on any atom is 0.253 e. The maximum absolute atomic E-state index is 12.3. The van der Waals surface area contributed by atoms with E-state index in [0.717, 1.165) is 60.0 Å². The summed E-state index contributed by atoms with van der Waals surface area (Å²) in [6.07, 6.45) is 3.05. The van der Waals surface area contributed by atoms with Gasteiger partial charge in [0, 0.05) is 48.9 Å². The molecular formula is C26H29N5O4. The van der Waals surface area contributed by atoms with Gasteiger partial charge in [-0.25, -0.2) is 9.97 Å². The largest absolute Gasteiger partial charge is 0.495 e. The van der Waals surface area contributed by atoms with Gasteiger partial charge in [-0.15, -0.1) is 0 Å². The van der Waals surface area contributed by atoms with Gasteiger partial charge in [0.05, 0.1) is 31.7 Å². The third-order valence-corrected chi connectivity index (χ3v) is 6.11. The first-order chi connectivity index (χ1) is 17.2. The van der Waals surface area contributed by atoms with Crippen LogP contribution in [0.3, 0.4) is 0 Å². The summed E-state index contributed by atoms with van der Waals surface area (Å²) in [6.45, 7) is 3.75. The molecule has 0 saturated carbocycles. The highest BCUT2D eigenvalue weighted by Gasteiger charge is 2.23. The van der Waals surface area contributed by atoms with E-state index in [0.29, 0.717) is 25.8 Å². The van der Waals surface area contributed by atoms with Gasteiger partial charge in [-0.1, -0.05) is 12.1 Å². The minimum absolute atomic E-state index is 0.0983. The number of aromatic nitrogens is 2. The number of carbonyl (C=O) groups is 1. The Morgan fingerprint density at radius 2 is 1.86 bits per heavy atom. The molecule has 1 amide bonds. The Kier molecular flexibility index (Phi) is 7.06. The molecule has 9 heteroatoms. The van der Waals surface area contributed by atoms with Crippen molar-refractivity contribution in [2.75, 3.05) is 55.6 Å². The van der Waals surface area contributed by atoms with Crippen LogP contribution in [0.2, 0.25) is 0 Å². The summed E-state index contributed by atoms with van der Waals surface area (Å²) in [6, 6.07) is 15.4. The van der Waals surface area contributed by atoms with Gasteiger partial charge in [-0.05, 0) is 43.2 Å². The quantitative estimate of drug-likeness (QED) is 0.532. The van der Waals surface area contributed by atoms with E-state index in [1.807, 2.05) is 48.5 Å². The number of ether oxygens (including phenoxy) is 3. The van der Waals surface area contributed by atoms with Crippen molar-refractivity contribution in [3.05, 3.63) is 54.7 Å². The molecule has 9 nitrogen and oxygen atoms in total. The second-order valence-electron chi connectivity index (χ2n) is 8.44. The maximum atomic E-state index is 12.3. The fourth-order valence-corrected chi connectivity index (χ4v) is 4.26. The number of hydrogen-bond acceptors (Lipinski definition) is 8. The molecule has 2 aliphatic rings. The third-order valence-electron chi connectivity index (χ3n) is 6.11. The van der Waals surface area contributed by atoms with E-state index in [9.17, 15) is 4.79 Å². The van der Waals surface area contributed by atoms with Gasteiger partial charge in [-0.3, -0.25) is 4.79 Å². The molecule has 2 N–H and O–H groups in total. The van der Waals surface area contributed by atoms with Crippen LogP contribution >= 0.6 is 0 Å². The number of rotatable bonds is 7. The molecule has 2 fully saturated rings. The van der Waals surface area contributed by atoms with E-state index in [1.165, 1.54) is 0 Å². The van der Waals surface area contributed by atoms with Crippen molar-refractivity contribution in [2.45, 2.75) is 18.9 Å². The number of nitrogens with one attached hydrogen (secondary N) is 2. The van der Waals surface area contributed by atoms with E-state index >= 15 is 0 Å². The summed E-state index contributed by atoms with van der Waals surface area (Å²) in [5.74, 6) is 1.17. The van der Waals surface area contributed by atoms with Gasteiger partial charge in [-0.2, -0.15) is 0 Å². The van der Waals surface area contributed by atoms with Gasteiger partial charge in [0.15, 0.2) is 0 Å².